The average molecular weight is 517 g/mol. The standard InChI is InChI=1S/C24H21ClN2O7S/c1-2-3-8-32-23(30)16-11-15(5-6-17(16)25)26-21(28)12-27-22(29)20(35-24(27)31)10-14-4-7-18-19(9-14)34-13-33-18/h4-7,9-11H,2-3,8,12-13H2,1H3,(H,26,28)/b20-10+. The van der Waals surface area contributed by atoms with Crippen LogP contribution >= 0.6 is 23.4 Å². The molecule has 0 radical (unpaired) electrons. The fourth-order valence-electron chi connectivity index (χ4n) is 3.28. The van der Waals surface area contributed by atoms with Crippen LogP contribution in [0.3, 0.4) is 0 Å². The molecule has 2 aliphatic heterocycles. The van der Waals surface area contributed by atoms with Gasteiger partial charge in [-0.25, -0.2) is 4.79 Å². The zero-order valence-electron chi connectivity index (χ0n) is 18.7. The smallest absolute Gasteiger partial charge is 0.339 e. The molecule has 0 bridgehead atoms. The molecule has 2 heterocycles. The number of anilines is 1. The summed E-state index contributed by atoms with van der Waals surface area (Å²) in [6.45, 7) is 1.88. The van der Waals surface area contributed by atoms with Crippen LogP contribution in [0.4, 0.5) is 10.5 Å². The molecule has 2 aliphatic rings. The zero-order valence-corrected chi connectivity index (χ0v) is 20.2. The number of esters is 1. The summed E-state index contributed by atoms with van der Waals surface area (Å²) in [6.07, 6.45) is 3.15. The number of nitrogens with zero attached hydrogens (tertiary/aromatic N) is 1. The minimum absolute atomic E-state index is 0.110. The van der Waals surface area contributed by atoms with Gasteiger partial charge in [-0.05, 0) is 60.2 Å². The monoisotopic (exact) mass is 516 g/mol. The average Bonchev–Trinajstić information content (AvgIpc) is 3.40. The minimum atomic E-state index is -0.607. The van der Waals surface area contributed by atoms with Gasteiger partial charge in [0.1, 0.15) is 6.54 Å². The van der Waals surface area contributed by atoms with Crippen molar-refractivity contribution in [2.45, 2.75) is 19.8 Å². The fraction of sp³-hybridized carbons (Fsp3) is 0.250. The molecule has 1 fully saturated rings. The van der Waals surface area contributed by atoms with Gasteiger partial charge >= 0.3 is 5.97 Å². The van der Waals surface area contributed by atoms with Gasteiger partial charge in [-0.2, -0.15) is 0 Å². The summed E-state index contributed by atoms with van der Waals surface area (Å²) in [5, 5.41) is 2.20. The Morgan fingerprint density at radius 2 is 1.97 bits per heavy atom. The Balaban J connectivity index is 1.40. The number of rotatable bonds is 8. The first-order valence-electron chi connectivity index (χ1n) is 10.8. The van der Waals surface area contributed by atoms with E-state index in [0.717, 1.165) is 29.5 Å². The molecule has 1 saturated heterocycles. The molecule has 1 N–H and O–H groups in total. The summed E-state index contributed by atoms with van der Waals surface area (Å²) in [4.78, 5) is 51.0. The van der Waals surface area contributed by atoms with Gasteiger partial charge in [0.2, 0.25) is 12.7 Å². The van der Waals surface area contributed by atoms with Crippen molar-refractivity contribution in [1.29, 1.82) is 0 Å². The molecule has 0 atom stereocenters. The van der Waals surface area contributed by atoms with Crippen molar-refractivity contribution in [1.82, 2.24) is 4.90 Å². The second-order valence-corrected chi connectivity index (χ2v) is 9.01. The number of carbonyl (C=O) groups is 4. The molecule has 0 unspecified atom stereocenters. The molecule has 2 aromatic carbocycles. The van der Waals surface area contributed by atoms with E-state index in [2.05, 4.69) is 5.32 Å². The van der Waals surface area contributed by atoms with E-state index in [1.54, 1.807) is 24.3 Å². The van der Waals surface area contributed by atoms with E-state index in [1.807, 2.05) is 6.92 Å². The Hall–Kier alpha value is -3.50. The topological polar surface area (TPSA) is 111 Å². The number of benzene rings is 2. The lowest BCUT2D eigenvalue weighted by Gasteiger charge is -2.13. The number of hydrogen-bond acceptors (Lipinski definition) is 8. The van der Waals surface area contributed by atoms with Gasteiger partial charge in [0.05, 0.1) is 22.1 Å². The number of thioether (sulfide) groups is 1. The lowest BCUT2D eigenvalue weighted by atomic mass is 10.2. The quantitative estimate of drug-likeness (QED) is 0.305. The van der Waals surface area contributed by atoms with Crippen LogP contribution in [0, 0.1) is 0 Å². The van der Waals surface area contributed by atoms with E-state index >= 15 is 0 Å². The molecular weight excluding hydrogens is 496 g/mol. The number of fused-ring (bicyclic) bond motifs is 1. The zero-order chi connectivity index (χ0) is 24.9. The maximum absolute atomic E-state index is 12.8. The summed E-state index contributed by atoms with van der Waals surface area (Å²) >= 11 is 6.84. The van der Waals surface area contributed by atoms with Gasteiger partial charge in [0.15, 0.2) is 11.5 Å². The van der Waals surface area contributed by atoms with Crippen molar-refractivity contribution in [3.8, 4) is 11.5 Å². The number of carbonyl (C=O) groups excluding carboxylic acids is 4. The first kappa shape index (κ1) is 24.6. The second-order valence-electron chi connectivity index (χ2n) is 7.61. The van der Waals surface area contributed by atoms with E-state index in [9.17, 15) is 19.2 Å². The number of halogens is 1. The number of ether oxygens (including phenoxy) is 3. The Bertz CT molecular complexity index is 1230. The van der Waals surface area contributed by atoms with Crippen LogP contribution in [0.15, 0.2) is 41.3 Å². The molecule has 4 rings (SSSR count). The SMILES string of the molecule is CCCCOC(=O)c1cc(NC(=O)CN2C(=O)S/C(=C/c3ccc4c(c3)OCO4)C2=O)ccc1Cl. The predicted molar refractivity (Wildman–Crippen MR) is 131 cm³/mol. The lowest BCUT2D eigenvalue weighted by Crippen LogP contribution is -2.36. The third-order valence-corrected chi connectivity index (χ3v) is 6.31. The van der Waals surface area contributed by atoms with Crippen LogP contribution in [0.2, 0.25) is 5.02 Å². The van der Waals surface area contributed by atoms with Crippen molar-refractivity contribution in [2.24, 2.45) is 0 Å². The molecule has 35 heavy (non-hydrogen) atoms. The van der Waals surface area contributed by atoms with Crippen LogP contribution in [-0.4, -0.2) is 47.9 Å². The van der Waals surface area contributed by atoms with E-state index in [4.69, 9.17) is 25.8 Å². The summed E-state index contributed by atoms with van der Waals surface area (Å²) in [5.74, 6) is -0.632. The molecule has 0 spiro atoms. The maximum Gasteiger partial charge on any atom is 0.339 e. The van der Waals surface area contributed by atoms with Crippen molar-refractivity contribution >= 4 is 58.1 Å². The van der Waals surface area contributed by atoms with Crippen LogP contribution in [0.1, 0.15) is 35.7 Å². The lowest BCUT2D eigenvalue weighted by molar-refractivity contribution is -0.127. The van der Waals surface area contributed by atoms with E-state index in [0.29, 0.717) is 17.1 Å². The molecule has 11 heteroatoms. The summed E-state index contributed by atoms with van der Waals surface area (Å²) in [7, 11) is 0. The highest BCUT2D eigenvalue weighted by Crippen LogP contribution is 2.36. The second kappa shape index (κ2) is 10.8. The minimum Gasteiger partial charge on any atom is -0.462 e. The number of imide groups is 1. The highest BCUT2D eigenvalue weighted by molar-refractivity contribution is 8.18. The van der Waals surface area contributed by atoms with E-state index in [1.165, 1.54) is 18.2 Å². The highest BCUT2D eigenvalue weighted by atomic mass is 35.5. The van der Waals surface area contributed by atoms with Crippen molar-refractivity contribution in [3.63, 3.8) is 0 Å². The third kappa shape index (κ3) is 5.77. The Kier molecular flexibility index (Phi) is 7.62. The molecule has 2 aromatic rings. The Morgan fingerprint density at radius 1 is 1.17 bits per heavy atom. The van der Waals surface area contributed by atoms with Crippen LogP contribution in [-0.2, 0) is 14.3 Å². The molecule has 0 aromatic heterocycles. The van der Waals surface area contributed by atoms with E-state index < -0.39 is 29.6 Å². The van der Waals surface area contributed by atoms with Crippen molar-refractivity contribution in [2.75, 3.05) is 25.3 Å². The normalized spacial score (nSPS) is 15.6. The van der Waals surface area contributed by atoms with E-state index in [-0.39, 0.29) is 34.6 Å². The predicted octanol–water partition coefficient (Wildman–Crippen LogP) is 4.70. The maximum atomic E-state index is 12.8. The molecule has 182 valence electrons. The molecule has 0 saturated carbocycles. The number of nitrogens with one attached hydrogen (secondary N) is 1. The third-order valence-electron chi connectivity index (χ3n) is 5.07. The first-order chi connectivity index (χ1) is 16.9. The van der Waals surface area contributed by atoms with Crippen molar-refractivity contribution in [3.05, 3.63) is 57.5 Å². The highest BCUT2D eigenvalue weighted by Gasteiger charge is 2.36. The van der Waals surface area contributed by atoms with Crippen molar-refractivity contribution < 1.29 is 33.4 Å². The summed E-state index contributed by atoms with van der Waals surface area (Å²) < 4.78 is 15.8. The summed E-state index contributed by atoms with van der Waals surface area (Å²) in [6, 6.07) is 9.51. The number of hydrogen-bond donors (Lipinski definition) is 1. The molecular formula is C24H21ClN2O7S. The van der Waals surface area contributed by atoms with Gasteiger partial charge in [0.25, 0.3) is 11.1 Å². The molecule has 3 amide bonds. The van der Waals surface area contributed by atoms with Gasteiger partial charge in [-0.15, -0.1) is 0 Å². The largest absolute Gasteiger partial charge is 0.462 e. The summed E-state index contributed by atoms with van der Waals surface area (Å²) in [5.41, 5.74) is 1.05. The molecule has 9 nitrogen and oxygen atoms in total. The van der Waals surface area contributed by atoms with Gasteiger partial charge in [-0.3, -0.25) is 19.3 Å². The van der Waals surface area contributed by atoms with Gasteiger partial charge in [-0.1, -0.05) is 31.0 Å². The Morgan fingerprint density at radius 3 is 2.77 bits per heavy atom. The van der Waals surface area contributed by atoms with Gasteiger partial charge < -0.3 is 19.5 Å². The number of amides is 3. The van der Waals surface area contributed by atoms with Gasteiger partial charge in [0, 0.05) is 5.69 Å². The Labute approximate surface area is 210 Å². The first-order valence-corrected chi connectivity index (χ1v) is 12.0. The fourth-order valence-corrected chi connectivity index (χ4v) is 4.31. The van der Waals surface area contributed by atoms with Crippen LogP contribution in [0.25, 0.3) is 6.08 Å². The number of unbranched alkanes of at least 4 members (excludes halogenated alkanes) is 1. The van der Waals surface area contributed by atoms with Crippen LogP contribution in [0.5, 0.6) is 11.5 Å². The molecule has 0 aliphatic carbocycles. The van der Waals surface area contributed by atoms with Crippen LogP contribution < -0.4 is 14.8 Å².